The van der Waals surface area contributed by atoms with E-state index in [1.807, 2.05) is 5.28 Å². The maximum Gasteiger partial charge on any atom is 0.157 e. The summed E-state index contributed by atoms with van der Waals surface area (Å²) < 4.78 is 0. The molecular weight excluding hydrogens is 1830 g/mol. The molecule has 0 radical (unpaired) electrons. The lowest BCUT2D eigenvalue weighted by Gasteiger charge is -2.56. The van der Waals surface area contributed by atoms with Crippen molar-refractivity contribution >= 4 is 23.3 Å². The van der Waals surface area contributed by atoms with Crippen molar-refractivity contribution in [2.24, 2.45) is 20.3 Å². The van der Waals surface area contributed by atoms with Crippen LogP contribution in [0.15, 0.2) is 67.9 Å². The first-order valence-corrected chi connectivity index (χ1v) is 57.3. The molecule has 0 aromatic rings. The second-order valence-electron chi connectivity index (χ2n) is 56.8. The predicted molar refractivity (Wildman–Crippen MR) is 603 cm³/mol. The Bertz CT molecular complexity index is 4460. The summed E-state index contributed by atoms with van der Waals surface area (Å²) in [4.78, 5) is 72.1. The average molecular weight is 2050 g/mol. The van der Waals surface area contributed by atoms with E-state index in [1.165, 1.54) is 0 Å². The van der Waals surface area contributed by atoms with Gasteiger partial charge in [-0.2, -0.15) is 0 Å². The molecule has 0 aromatic carbocycles. The summed E-state index contributed by atoms with van der Waals surface area (Å²) in [5.74, 6) is 6.95. The van der Waals surface area contributed by atoms with Crippen molar-refractivity contribution in [2.75, 3.05) is 122 Å². The highest BCUT2D eigenvalue weighted by Gasteiger charge is 2.55. The van der Waals surface area contributed by atoms with Crippen LogP contribution < -0.4 is 32.4 Å². The Morgan fingerprint density at radius 3 is 0.822 bits per heavy atom. The topological polar surface area (TPSA) is 217 Å². The number of hydrazone groups is 3. The van der Waals surface area contributed by atoms with E-state index >= 15 is 0 Å². The summed E-state index contributed by atoms with van der Waals surface area (Å²) in [6, 6.07) is 0.785. The number of nitrogens with zero attached hydrogens (tertiary/aromatic N) is 22. The lowest BCUT2D eigenvalue weighted by atomic mass is 9.77. The summed E-state index contributed by atoms with van der Waals surface area (Å²) in [7, 11) is 18.4. The van der Waals surface area contributed by atoms with Crippen molar-refractivity contribution in [1.82, 2.24) is 122 Å². The number of piperidine rings is 8. The molecule has 6 N–H and O–H groups in total. The van der Waals surface area contributed by atoms with Gasteiger partial charge < -0.3 is 34.7 Å². The molecule has 146 heavy (non-hydrogen) atoms. The van der Waals surface area contributed by atoms with Gasteiger partial charge in [-0.1, -0.05) is 69.2 Å². The van der Waals surface area contributed by atoms with Gasteiger partial charge in [-0.15, -0.1) is 15.3 Å². The number of amidine groups is 4. The lowest BCUT2D eigenvalue weighted by Crippen LogP contribution is -2.65. The second-order valence-corrected chi connectivity index (χ2v) is 56.8. The monoisotopic (exact) mass is 2040 g/mol. The molecular formula is C114H218N28O4. The minimum absolute atomic E-state index is 0.0664. The van der Waals surface area contributed by atoms with E-state index in [0.29, 0.717) is 39.3 Å². The van der Waals surface area contributed by atoms with E-state index in [9.17, 15) is 0 Å². The van der Waals surface area contributed by atoms with E-state index in [1.54, 1.807) is 15.8 Å². The quantitative estimate of drug-likeness (QED) is 0.0341. The Morgan fingerprint density at radius 1 is 0.281 bits per heavy atom. The fourth-order valence-corrected chi connectivity index (χ4v) is 27.9. The minimum Gasteiger partial charge on any atom is -0.369 e. The highest BCUT2D eigenvalue weighted by Crippen LogP contribution is 2.49. The molecule has 8 saturated heterocycles. The van der Waals surface area contributed by atoms with Gasteiger partial charge in [0, 0.05) is 196 Å². The number of aliphatic imine (C=N–C) groups is 1. The van der Waals surface area contributed by atoms with Gasteiger partial charge in [0.15, 0.2) is 17.5 Å². The van der Waals surface area contributed by atoms with E-state index in [-0.39, 0.29) is 137 Å². The zero-order chi connectivity index (χ0) is 108. The van der Waals surface area contributed by atoms with Crippen molar-refractivity contribution < 1.29 is 19.4 Å². The first kappa shape index (κ1) is 119. The van der Waals surface area contributed by atoms with Crippen LogP contribution in [0.1, 0.15) is 403 Å². The normalized spacial score (nSPS) is 27.3. The van der Waals surface area contributed by atoms with Gasteiger partial charge in [0.1, 0.15) is 29.1 Å². The lowest BCUT2D eigenvalue weighted by molar-refractivity contribution is -0.271. The summed E-state index contributed by atoms with van der Waals surface area (Å²) in [6.07, 6.45) is 31.3. The maximum absolute atomic E-state index is 7.61. The molecule has 0 spiro atoms. The van der Waals surface area contributed by atoms with E-state index < -0.39 is 0 Å². The first-order chi connectivity index (χ1) is 67.2. The standard InChI is InChI=1S/C114H218N28O4/c1-45-49-55-135(83-67-99(5,6)125(37)100(7,8)68-83)95-63-91(117-139(121-95)143-87-75-107(21,22)129(41)108(23,24)76-87)115-53-59-133(93-65-97(123-141(119-93)145-89-79-111(29,30)131(43)112(31,32)80-89)137(57-51-47-3)85-71-103(13,14)127(39)104(15,16)72-85)61-62-134(94-66-98(124-142(120-94)146-90-81-113(33,34)132(44)114(35,36)82-90)138(58-52-48-4)86-73-105(17,18)128(40)106(19,20)74-86)60-54-116-92-64-96(122-140(118-92)144-88-77-109(25,26)130(42)110(27,28)78-88)136(56-50-46-2)84-69-101(9,10)126(38)102(11,12)70-84/h63-66,83-90,115,117,122-124H,45-62,67-82H2,1-44H3,(H,116,118). The Balaban J connectivity index is 1.05. The van der Waals surface area contributed by atoms with Crippen molar-refractivity contribution in [3.05, 3.63) is 47.6 Å². The molecule has 8 fully saturated rings. The Kier molecular flexibility index (Phi) is 36.2. The van der Waals surface area contributed by atoms with Crippen molar-refractivity contribution in [2.45, 2.75) is 541 Å². The molecule has 0 saturated carbocycles. The molecule has 0 aromatic heterocycles. The maximum atomic E-state index is 7.61. The van der Waals surface area contributed by atoms with Gasteiger partial charge in [-0.3, -0.25) is 59.9 Å². The van der Waals surface area contributed by atoms with Crippen molar-refractivity contribution in [3.8, 4) is 0 Å². The summed E-state index contributed by atoms with van der Waals surface area (Å²) in [5.41, 5.74) is 17.5. The molecule has 0 amide bonds. The zero-order valence-corrected chi connectivity index (χ0v) is 101. The molecule has 32 nitrogen and oxygen atoms in total. The number of nitrogens with one attached hydrogen (secondary N) is 6. The molecule has 0 unspecified atom stereocenters. The third-order valence-electron chi connectivity index (χ3n) is 38.6. The van der Waals surface area contributed by atoms with Crippen LogP contribution in [-0.2, 0) is 19.4 Å². The number of hydrogen-bond acceptors (Lipinski definition) is 31. The number of hydrazine groups is 5. The zero-order valence-electron chi connectivity index (χ0n) is 101. The van der Waals surface area contributed by atoms with E-state index in [4.69, 9.17) is 39.6 Å². The van der Waals surface area contributed by atoms with E-state index in [2.05, 4.69) is 431 Å². The summed E-state index contributed by atoms with van der Waals surface area (Å²) in [6.45, 7) is 92.2. The fourth-order valence-electron chi connectivity index (χ4n) is 27.9. The molecule has 838 valence electrons. The number of unbranched alkanes of at least 4 members (excludes halogenated alkanes) is 4. The third-order valence-corrected chi connectivity index (χ3v) is 38.6. The second kappa shape index (κ2) is 44.5. The van der Waals surface area contributed by atoms with Crippen LogP contribution in [0.25, 0.3) is 0 Å². The third kappa shape index (κ3) is 27.5. The number of likely N-dealkylation sites (tertiary alicyclic amines) is 8. The molecule has 0 aliphatic carbocycles. The van der Waals surface area contributed by atoms with Gasteiger partial charge in [-0.05, 0) is 412 Å². The molecule has 12 rings (SSSR count). The van der Waals surface area contributed by atoms with Crippen LogP contribution in [0.5, 0.6) is 0 Å². The molecule has 12 aliphatic rings. The van der Waals surface area contributed by atoms with Gasteiger partial charge >= 0.3 is 0 Å². The van der Waals surface area contributed by atoms with Crippen molar-refractivity contribution in [1.29, 1.82) is 0 Å². The summed E-state index contributed by atoms with van der Waals surface area (Å²) >= 11 is 0. The van der Waals surface area contributed by atoms with Gasteiger partial charge in [0.05, 0.1) is 31.0 Å². The Hall–Kier alpha value is -5.88. The SMILES string of the molecule is CCCCN(C1=CC(N(CCN=C2C=C(N(CCCC)C3CC(C)(C)N(C)C(C)(C)C3)NN(OC3CC(C)(C)N(C)C(C)(C)C3)N2)CCN(CCNC2=CC(N(CCCC)C3CC(C)(C)N(C)C(C)(C)C3)=NN(OC3CC(C)(C)N(C)C(C)(C)C3)N2)C2=NN(OC3CC(C)(C)N(C)C(C)(C)C3)NC(N(CCCC)C3CC(C)(C)N(C)C(C)(C)C3)=C2)=NN(OC2CC(C)(C)N(C)C(C)(C)C2)N1)C1CC(C)(C)N(C)C(C)(C)C1. The Morgan fingerprint density at radius 2 is 0.527 bits per heavy atom. The van der Waals surface area contributed by atoms with Gasteiger partial charge in [0.25, 0.3) is 0 Å². The molecule has 32 heteroatoms. The molecule has 12 aliphatic heterocycles. The highest BCUT2D eigenvalue weighted by atomic mass is 16.8. The van der Waals surface area contributed by atoms with Gasteiger partial charge in [0.2, 0.25) is 0 Å². The van der Waals surface area contributed by atoms with Crippen LogP contribution in [0.3, 0.4) is 0 Å². The van der Waals surface area contributed by atoms with Crippen LogP contribution in [0.4, 0.5) is 0 Å². The van der Waals surface area contributed by atoms with Crippen LogP contribution >= 0.6 is 0 Å². The minimum atomic E-state index is -0.177. The molecule has 0 bridgehead atoms. The van der Waals surface area contributed by atoms with Gasteiger partial charge in [-0.25, -0.2) is 30.8 Å². The number of rotatable bonds is 37. The highest BCUT2D eigenvalue weighted by molar-refractivity contribution is 5.96. The smallest absolute Gasteiger partial charge is 0.157 e. The molecule has 12 heterocycles. The van der Waals surface area contributed by atoms with Crippen LogP contribution in [0.2, 0.25) is 0 Å². The largest absolute Gasteiger partial charge is 0.369 e. The van der Waals surface area contributed by atoms with Crippen LogP contribution in [-0.4, -0.2) is 372 Å². The van der Waals surface area contributed by atoms with Crippen molar-refractivity contribution in [3.63, 3.8) is 0 Å². The molecule has 0 atom stereocenters. The van der Waals surface area contributed by atoms with Crippen LogP contribution in [0, 0.1) is 0 Å². The Labute approximate surface area is 890 Å². The number of hydrogen-bond donors (Lipinski definition) is 6. The fraction of sp³-hybridized carbons (Fsp3) is 0.895. The van der Waals surface area contributed by atoms with E-state index in [0.717, 1.165) is 227 Å². The average Bonchev–Trinajstić information content (AvgIpc) is 0.761. The predicted octanol–water partition coefficient (Wildman–Crippen LogP) is 18.0. The summed E-state index contributed by atoms with van der Waals surface area (Å²) in [5, 5.41) is 28.6. The first-order valence-electron chi connectivity index (χ1n) is 57.3.